The molecule has 2 nitrogen and oxygen atoms in total. The number of hydrogen-bond donors (Lipinski definition) is 0. The summed E-state index contributed by atoms with van der Waals surface area (Å²) in [5, 5.41) is 0. The van der Waals surface area contributed by atoms with Crippen molar-refractivity contribution in [3.05, 3.63) is 47.5 Å². The summed E-state index contributed by atoms with van der Waals surface area (Å²) in [6, 6.07) is 6.80. The van der Waals surface area contributed by atoms with Gasteiger partial charge in [-0.05, 0) is 55.2 Å². The van der Waals surface area contributed by atoms with Crippen molar-refractivity contribution < 1.29 is 0 Å². The molecule has 19 heavy (non-hydrogen) atoms. The van der Waals surface area contributed by atoms with Gasteiger partial charge in [0.1, 0.15) is 0 Å². The molecule has 0 N–H and O–H groups in total. The molecular weight excluding hydrogens is 232 g/mol. The number of allylic oxidation sites excluding steroid dienone is 1. The molecule has 1 aliphatic rings. The van der Waals surface area contributed by atoms with Crippen LogP contribution in [0.5, 0.6) is 0 Å². The SMILES string of the molecule is C=CC(CC)=NCc1ccc2c(c1)CCC2.C=NC. The number of fused-ring (bicyclic) bond motifs is 1. The van der Waals surface area contributed by atoms with Crippen LogP contribution < -0.4 is 0 Å². The standard InChI is InChI=1S/C15H19N.C2H5N/c1-3-15(4-2)16-11-12-8-9-13-6-5-7-14(13)10-12;1-3-2/h3,8-10H,1,4-7,11H2,2H3;1H2,2H3. The third-order valence-corrected chi connectivity index (χ3v) is 3.23. The van der Waals surface area contributed by atoms with E-state index in [0.29, 0.717) is 0 Å². The Morgan fingerprint density at radius 1 is 1.32 bits per heavy atom. The highest BCUT2D eigenvalue weighted by atomic mass is 14.7. The van der Waals surface area contributed by atoms with E-state index in [-0.39, 0.29) is 0 Å². The molecule has 0 radical (unpaired) electrons. The molecule has 0 fully saturated rings. The van der Waals surface area contributed by atoms with Crippen LogP contribution in [0.2, 0.25) is 0 Å². The Morgan fingerprint density at radius 2 is 2.00 bits per heavy atom. The van der Waals surface area contributed by atoms with Gasteiger partial charge in [-0.3, -0.25) is 4.99 Å². The van der Waals surface area contributed by atoms with Gasteiger partial charge in [0.05, 0.1) is 6.54 Å². The van der Waals surface area contributed by atoms with E-state index in [1.54, 1.807) is 7.05 Å². The second-order valence-corrected chi connectivity index (χ2v) is 4.64. The minimum atomic E-state index is 0.794. The number of rotatable bonds is 4. The molecule has 0 aromatic heterocycles. The van der Waals surface area contributed by atoms with E-state index in [2.05, 4.69) is 48.4 Å². The van der Waals surface area contributed by atoms with Crippen molar-refractivity contribution in [2.75, 3.05) is 7.05 Å². The minimum Gasteiger partial charge on any atom is -0.304 e. The quantitative estimate of drug-likeness (QED) is 0.727. The van der Waals surface area contributed by atoms with Crippen LogP contribution in [-0.2, 0) is 19.4 Å². The Balaban J connectivity index is 0.000000550. The molecule has 0 unspecified atom stereocenters. The van der Waals surface area contributed by atoms with Crippen molar-refractivity contribution in [2.24, 2.45) is 9.98 Å². The first-order valence-corrected chi connectivity index (χ1v) is 6.86. The van der Waals surface area contributed by atoms with Crippen LogP contribution in [-0.4, -0.2) is 19.5 Å². The number of benzene rings is 1. The first-order chi connectivity index (χ1) is 9.24. The molecule has 0 aliphatic heterocycles. The van der Waals surface area contributed by atoms with E-state index in [9.17, 15) is 0 Å². The van der Waals surface area contributed by atoms with Crippen molar-refractivity contribution in [1.82, 2.24) is 0 Å². The molecule has 0 saturated heterocycles. The molecule has 1 aromatic carbocycles. The molecule has 1 aromatic rings. The van der Waals surface area contributed by atoms with Gasteiger partial charge in [-0.15, -0.1) is 0 Å². The summed E-state index contributed by atoms with van der Waals surface area (Å²) in [7, 11) is 1.64. The molecule has 0 amide bonds. The highest BCUT2D eigenvalue weighted by Gasteiger charge is 2.10. The Labute approximate surface area is 117 Å². The number of nitrogens with zero attached hydrogens (tertiary/aromatic N) is 2. The van der Waals surface area contributed by atoms with Gasteiger partial charge in [0.2, 0.25) is 0 Å². The van der Waals surface area contributed by atoms with E-state index in [0.717, 1.165) is 18.7 Å². The Hall–Kier alpha value is -1.70. The van der Waals surface area contributed by atoms with Gasteiger partial charge in [-0.2, -0.15) is 0 Å². The van der Waals surface area contributed by atoms with E-state index in [1.807, 2.05) is 6.08 Å². The number of hydrogen-bond acceptors (Lipinski definition) is 2. The molecule has 0 heterocycles. The monoisotopic (exact) mass is 256 g/mol. The maximum Gasteiger partial charge on any atom is 0.0643 e. The maximum absolute atomic E-state index is 4.56. The molecule has 102 valence electrons. The zero-order chi connectivity index (χ0) is 14.1. The zero-order valence-corrected chi connectivity index (χ0v) is 12.2. The van der Waals surface area contributed by atoms with Crippen molar-refractivity contribution >= 4 is 12.4 Å². The summed E-state index contributed by atoms with van der Waals surface area (Å²) in [4.78, 5) is 7.81. The van der Waals surface area contributed by atoms with Crippen LogP contribution in [0, 0.1) is 0 Å². The third-order valence-electron chi connectivity index (χ3n) is 3.23. The van der Waals surface area contributed by atoms with Gasteiger partial charge in [0.25, 0.3) is 0 Å². The molecular formula is C17H24N2. The lowest BCUT2D eigenvalue weighted by molar-refractivity contribution is 0.911. The van der Waals surface area contributed by atoms with Gasteiger partial charge < -0.3 is 4.99 Å². The van der Waals surface area contributed by atoms with Gasteiger partial charge in [0, 0.05) is 12.8 Å². The molecule has 2 rings (SSSR count). The predicted molar refractivity (Wildman–Crippen MR) is 85.6 cm³/mol. The largest absolute Gasteiger partial charge is 0.304 e. The van der Waals surface area contributed by atoms with E-state index in [4.69, 9.17) is 0 Å². The first-order valence-electron chi connectivity index (χ1n) is 6.86. The van der Waals surface area contributed by atoms with Gasteiger partial charge in [-0.1, -0.05) is 31.7 Å². The van der Waals surface area contributed by atoms with Crippen molar-refractivity contribution in [1.29, 1.82) is 0 Å². The fraction of sp³-hybridized carbons (Fsp3) is 0.412. The van der Waals surface area contributed by atoms with E-state index in [1.165, 1.54) is 36.0 Å². The van der Waals surface area contributed by atoms with Crippen molar-refractivity contribution in [3.63, 3.8) is 0 Å². The van der Waals surface area contributed by atoms with Crippen LogP contribution in [0.15, 0.2) is 40.8 Å². The van der Waals surface area contributed by atoms with Gasteiger partial charge >= 0.3 is 0 Å². The number of aliphatic imine (C=N–C) groups is 2. The van der Waals surface area contributed by atoms with Crippen molar-refractivity contribution in [3.8, 4) is 0 Å². The summed E-state index contributed by atoms with van der Waals surface area (Å²) in [6.45, 7) is 9.79. The van der Waals surface area contributed by atoms with Crippen LogP contribution in [0.4, 0.5) is 0 Å². The lowest BCUT2D eigenvalue weighted by Gasteiger charge is -2.03. The molecule has 0 atom stereocenters. The zero-order valence-electron chi connectivity index (χ0n) is 12.2. The Bertz CT molecular complexity index is 458. The average molecular weight is 256 g/mol. The smallest absolute Gasteiger partial charge is 0.0643 e. The molecule has 0 spiro atoms. The summed E-state index contributed by atoms with van der Waals surface area (Å²) >= 11 is 0. The van der Waals surface area contributed by atoms with Crippen molar-refractivity contribution in [2.45, 2.75) is 39.2 Å². The van der Waals surface area contributed by atoms with Crippen LogP contribution in [0.1, 0.15) is 36.5 Å². The lowest BCUT2D eigenvalue weighted by Crippen LogP contribution is -1.93. The van der Waals surface area contributed by atoms with Crippen LogP contribution >= 0.6 is 0 Å². The lowest BCUT2D eigenvalue weighted by atomic mass is 10.1. The topological polar surface area (TPSA) is 24.7 Å². The Kier molecular flexibility index (Phi) is 6.80. The Morgan fingerprint density at radius 3 is 2.63 bits per heavy atom. The fourth-order valence-corrected chi connectivity index (χ4v) is 2.24. The van der Waals surface area contributed by atoms with E-state index < -0.39 is 0 Å². The summed E-state index contributed by atoms with van der Waals surface area (Å²) < 4.78 is 0. The maximum atomic E-state index is 4.56. The van der Waals surface area contributed by atoms with Gasteiger partial charge in [-0.25, -0.2) is 0 Å². The second-order valence-electron chi connectivity index (χ2n) is 4.64. The number of aryl methyl sites for hydroxylation is 2. The molecule has 1 aliphatic carbocycles. The van der Waals surface area contributed by atoms with Crippen LogP contribution in [0.25, 0.3) is 0 Å². The van der Waals surface area contributed by atoms with Gasteiger partial charge in [0.15, 0.2) is 0 Å². The molecule has 2 heteroatoms. The molecule has 0 bridgehead atoms. The predicted octanol–water partition coefficient (Wildman–Crippen LogP) is 4.03. The minimum absolute atomic E-state index is 0.794. The highest BCUT2D eigenvalue weighted by molar-refractivity contribution is 5.94. The summed E-state index contributed by atoms with van der Waals surface area (Å²) in [5.41, 5.74) is 5.49. The highest BCUT2D eigenvalue weighted by Crippen LogP contribution is 2.23. The third kappa shape index (κ3) is 4.82. The second kappa shape index (κ2) is 8.41. The summed E-state index contributed by atoms with van der Waals surface area (Å²) in [6.07, 6.45) is 6.64. The molecule has 0 saturated carbocycles. The fourth-order valence-electron chi connectivity index (χ4n) is 2.24. The first kappa shape index (κ1) is 15.4. The van der Waals surface area contributed by atoms with Crippen LogP contribution in [0.3, 0.4) is 0 Å². The average Bonchev–Trinajstić information content (AvgIpc) is 2.88. The normalized spacial score (nSPS) is 13.3. The summed E-state index contributed by atoms with van der Waals surface area (Å²) in [5.74, 6) is 0. The van der Waals surface area contributed by atoms with E-state index >= 15 is 0 Å².